The Labute approximate surface area is 102 Å². The molecule has 0 radical (unpaired) electrons. The molecule has 0 aliphatic heterocycles. The second-order valence-electron chi connectivity index (χ2n) is 5.05. The number of ketones is 1. The minimum atomic E-state index is -0.338. The fraction of sp³-hybridized carbons (Fsp3) is 0.615. The third-order valence-electron chi connectivity index (χ3n) is 2.33. The Balaban J connectivity index is 2.69. The normalized spacial score (nSPS) is 11.3. The first kappa shape index (κ1) is 13.6. The summed E-state index contributed by atoms with van der Waals surface area (Å²) in [5.74, 6) is 0.705. The number of hydrogen-bond donors (Lipinski definition) is 0. The number of aromatic nitrogens is 2. The van der Waals surface area contributed by atoms with Gasteiger partial charge in [-0.2, -0.15) is 0 Å². The Morgan fingerprint density at radius 2 is 2.06 bits per heavy atom. The summed E-state index contributed by atoms with van der Waals surface area (Å²) in [4.78, 5) is 19.9. The molecule has 0 aromatic carbocycles. The number of hydrogen-bond acceptors (Lipinski definition) is 4. The molecule has 4 nitrogen and oxygen atoms in total. The van der Waals surface area contributed by atoms with E-state index in [1.54, 1.807) is 6.07 Å². The van der Waals surface area contributed by atoms with Crippen LogP contribution >= 0.6 is 0 Å². The molecule has 17 heavy (non-hydrogen) atoms. The summed E-state index contributed by atoms with van der Waals surface area (Å²) in [5.41, 5.74) is 0.376. The number of carbonyl (C=O) groups is 1. The predicted octanol–water partition coefficient (Wildman–Crippen LogP) is 2.42. The molecule has 0 saturated heterocycles. The SMILES string of the molecule is CCCOc1cc(CC(=O)C(C)(C)C)ncn1. The summed E-state index contributed by atoms with van der Waals surface area (Å²) in [6.07, 6.45) is 2.70. The van der Waals surface area contributed by atoms with Crippen LogP contribution in [-0.4, -0.2) is 22.4 Å². The van der Waals surface area contributed by atoms with Gasteiger partial charge in [0.05, 0.1) is 12.3 Å². The fourth-order valence-corrected chi connectivity index (χ4v) is 1.19. The second-order valence-corrected chi connectivity index (χ2v) is 5.05. The second kappa shape index (κ2) is 5.75. The van der Waals surface area contributed by atoms with Gasteiger partial charge in [-0.15, -0.1) is 0 Å². The van der Waals surface area contributed by atoms with Crippen LogP contribution in [0.1, 0.15) is 39.8 Å². The first-order valence-electron chi connectivity index (χ1n) is 5.90. The Bertz CT molecular complexity index is 383. The summed E-state index contributed by atoms with van der Waals surface area (Å²) in [5, 5.41) is 0. The van der Waals surface area contributed by atoms with Gasteiger partial charge in [-0.25, -0.2) is 9.97 Å². The highest BCUT2D eigenvalue weighted by molar-refractivity contribution is 5.85. The number of carbonyl (C=O) groups excluding carboxylic acids is 1. The number of Topliss-reactive ketones (excluding diaryl/α,β-unsaturated/α-hetero) is 1. The highest BCUT2D eigenvalue weighted by Gasteiger charge is 2.21. The van der Waals surface area contributed by atoms with E-state index >= 15 is 0 Å². The van der Waals surface area contributed by atoms with Crippen molar-refractivity contribution in [2.45, 2.75) is 40.5 Å². The van der Waals surface area contributed by atoms with E-state index in [9.17, 15) is 4.79 Å². The molecule has 0 spiro atoms. The molecule has 0 aliphatic rings. The van der Waals surface area contributed by atoms with E-state index in [-0.39, 0.29) is 11.2 Å². The minimum absolute atomic E-state index is 0.164. The molecule has 4 heteroatoms. The molecule has 1 heterocycles. The first-order chi connectivity index (χ1) is 7.93. The van der Waals surface area contributed by atoms with Gasteiger partial charge in [0.2, 0.25) is 5.88 Å². The van der Waals surface area contributed by atoms with Crippen LogP contribution in [0, 0.1) is 5.41 Å². The zero-order valence-electron chi connectivity index (χ0n) is 11.0. The molecule has 0 saturated carbocycles. The van der Waals surface area contributed by atoms with E-state index in [0.29, 0.717) is 24.6 Å². The maximum Gasteiger partial charge on any atom is 0.216 e. The number of rotatable bonds is 5. The first-order valence-corrected chi connectivity index (χ1v) is 5.90. The minimum Gasteiger partial charge on any atom is -0.478 e. The van der Waals surface area contributed by atoms with Gasteiger partial charge in [-0.05, 0) is 6.42 Å². The average molecular weight is 236 g/mol. The maximum absolute atomic E-state index is 11.9. The molecule has 1 rings (SSSR count). The lowest BCUT2D eigenvalue weighted by molar-refractivity contribution is -0.125. The van der Waals surface area contributed by atoms with Gasteiger partial charge >= 0.3 is 0 Å². The third kappa shape index (κ3) is 4.51. The molecule has 1 aromatic heterocycles. The van der Waals surface area contributed by atoms with Crippen molar-refractivity contribution in [3.8, 4) is 5.88 Å². The monoisotopic (exact) mass is 236 g/mol. The van der Waals surface area contributed by atoms with Gasteiger partial charge in [0, 0.05) is 17.9 Å². The zero-order chi connectivity index (χ0) is 12.9. The predicted molar refractivity (Wildman–Crippen MR) is 66.0 cm³/mol. The summed E-state index contributed by atoms with van der Waals surface area (Å²) in [7, 11) is 0. The summed E-state index contributed by atoms with van der Waals surface area (Å²) in [6, 6.07) is 1.74. The molecule has 94 valence electrons. The number of ether oxygens (including phenoxy) is 1. The van der Waals surface area contributed by atoms with Crippen LogP contribution < -0.4 is 4.74 Å². The fourth-order valence-electron chi connectivity index (χ4n) is 1.19. The Morgan fingerprint density at radius 3 is 2.65 bits per heavy atom. The van der Waals surface area contributed by atoms with E-state index in [1.807, 2.05) is 27.7 Å². The van der Waals surface area contributed by atoms with Crippen molar-refractivity contribution in [3.63, 3.8) is 0 Å². The molecular weight excluding hydrogens is 216 g/mol. The molecular formula is C13H20N2O2. The van der Waals surface area contributed by atoms with Crippen molar-refractivity contribution < 1.29 is 9.53 Å². The van der Waals surface area contributed by atoms with E-state index in [1.165, 1.54) is 6.33 Å². The van der Waals surface area contributed by atoms with Gasteiger partial charge < -0.3 is 4.74 Å². The highest BCUT2D eigenvalue weighted by atomic mass is 16.5. The van der Waals surface area contributed by atoms with Crippen LogP contribution in [0.2, 0.25) is 0 Å². The van der Waals surface area contributed by atoms with Crippen molar-refractivity contribution >= 4 is 5.78 Å². The van der Waals surface area contributed by atoms with E-state index in [2.05, 4.69) is 9.97 Å². The quantitative estimate of drug-likeness (QED) is 0.787. The van der Waals surface area contributed by atoms with E-state index in [4.69, 9.17) is 4.74 Å². The molecule has 0 unspecified atom stereocenters. The van der Waals surface area contributed by atoms with Crippen molar-refractivity contribution in [1.29, 1.82) is 0 Å². The van der Waals surface area contributed by atoms with Gasteiger partial charge in [0.15, 0.2) is 0 Å². The van der Waals surface area contributed by atoms with Gasteiger partial charge in [0.1, 0.15) is 12.1 Å². The summed E-state index contributed by atoms with van der Waals surface area (Å²) >= 11 is 0. The Hall–Kier alpha value is -1.45. The van der Waals surface area contributed by atoms with Gasteiger partial charge in [0.25, 0.3) is 0 Å². The molecule has 1 aromatic rings. The average Bonchev–Trinajstić information content (AvgIpc) is 2.25. The lowest BCUT2D eigenvalue weighted by atomic mass is 9.88. The van der Waals surface area contributed by atoms with Gasteiger partial charge in [-0.1, -0.05) is 27.7 Å². The highest BCUT2D eigenvalue weighted by Crippen LogP contribution is 2.18. The lowest BCUT2D eigenvalue weighted by Gasteiger charge is -2.16. The van der Waals surface area contributed by atoms with Crippen molar-refractivity contribution in [2.24, 2.45) is 5.41 Å². The van der Waals surface area contributed by atoms with Crippen molar-refractivity contribution in [3.05, 3.63) is 18.1 Å². The summed E-state index contributed by atoms with van der Waals surface area (Å²) < 4.78 is 5.40. The largest absolute Gasteiger partial charge is 0.478 e. The van der Waals surface area contributed by atoms with Gasteiger partial charge in [-0.3, -0.25) is 4.79 Å². The molecule has 0 amide bonds. The maximum atomic E-state index is 11.9. The molecule has 0 atom stereocenters. The standard InChI is InChI=1S/C13H20N2O2/c1-5-6-17-12-8-10(14-9-15-12)7-11(16)13(2,3)4/h8-9H,5-7H2,1-4H3. The van der Waals surface area contributed by atoms with Crippen LogP contribution in [-0.2, 0) is 11.2 Å². The zero-order valence-corrected chi connectivity index (χ0v) is 11.0. The van der Waals surface area contributed by atoms with E-state index < -0.39 is 0 Å². The van der Waals surface area contributed by atoms with Crippen LogP contribution in [0.4, 0.5) is 0 Å². The lowest BCUT2D eigenvalue weighted by Crippen LogP contribution is -2.22. The summed E-state index contributed by atoms with van der Waals surface area (Å²) in [6.45, 7) is 8.38. The topological polar surface area (TPSA) is 52.1 Å². The Kier molecular flexibility index (Phi) is 4.61. The molecule has 0 aliphatic carbocycles. The molecule has 0 N–H and O–H groups in total. The third-order valence-corrected chi connectivity index (χ3v) is 2.33. The van der Waals surface area contributed by atoms with Crippen molar-refractivity contribution in [2.75, 3.05) is 6.61 Å². The molecule has 0 bridgehead atoms. The van der Waals surface area contributed by atoms with Crippen molar-refractivity contribution in [1.82, 2.24) is 9.97 Å². The van der Waals surface area contributed by atoms with Crippen LogP contribution in [0.3, 0.4) is 0 Å². The number of nitrogens with zero attached hydrogens (tertiary/aromatic N) is 2. The van der Waals surface area contributed by atoms with Crippen LogP contribution in [0.5, 0.6) is 5.88 Å². The smallest absolute Gasteiger partial charge is 0.216 e. The van der Waals surface area contributed by atoms with E-state index in [0.717, 1.165) is 6.42 Å². The molecule has 0 fully saturated rings. The van der Waals surface area contributed by atoms with Crippen LogP contribution in [0.15, 0.2) is 12.4 Å². The Morgan fingerprint density at radius 1 is 1.35 bits per heavy atom. The van der Waals surface area contributed by atoms with Crippen LogP contribution in [0.25, 0.3) is 0 Å².